The van der Waals surface area contributed by atoms with Crippen molar-refractivity contribution < 1.29 is 4.74 Å². The van der Waals surface area contributed by atoms with E-state index in [1.54, 1.807) is 13.0 Å². The van der Waals surface area contributed by atoms with Gasteiger partial charge in [0.25, 0.3) is 0 Å². The molecule has 114 valence electrons. The first-order valence-corrected chi connectivity index (χ1v) is 7.20. The van der Waals surface area contributed by atoms with Crippen molar-refractivity contribution in [3.05, 3.63) is 22.4 Å². The fourth-order valence-corrected chi connectivity index (χ4v) is 2.60. The highest BCUT2D eigenvalue weighted by Crippen LogP contribution is 2.10. The molecule has 0 radical (unpaired) electrons. The molecule has 0 bridgehead atoms. The first-order valence-electron chi connectivity index (χ1n) is 7.20. The van der Waals surface area contributed by atoms with E-state index in [4.69, 9.17) is 4.74 Å². The fraction of sp³-hybridized carbons (Fsp3) is 0.615. The number of aryl methyl sites for hydroxylation is 1. The normalized spacial score (nSPS) is 20.0. The van der Waals surface area contributed by atoms with Crippen LogP contribution in [0.25, 0.3) is 5.65 Å². The Bertz CT molecular complexity index is 679. The molecule has 8 heteroatoms. The van der Waals surface area contributed by atoms with Crippen LogP contribution in [0.5, 0.6) is 0 Å². The number of likely N-dealkylation sites (N-methyl/N-ethyl adjacent to an activating group) is 1. The summed E-state index contributed by atoms with van der Waals surface area (Å²) in [5.41, 5.74) is 0.297. The van der Waals surface area contributed by atoms with Gasteiger partial charge >= 0.3 is 5.69 Å². The number of hydrogen-bond acceptors (Lipinski definition) is 6. The first-order chi connectivity index (χ1) is 10.2. The number of rotatable bonds is 4. The maximum atomic E-state index is 11.5. The summed E-state index contributed by atoms with van der Waals surface area (Å²) in [4.78, 5) is 18.3. The number of hydrogen-bond donors (Lipinski definition) is 2. The quantitative estimate of drug-likeness (QED) is 0.815. The summed E-state index contributed by atoms with van der Waals surface area (Å²) < 4.78 is 7.19. The molecule has 0 aliphatic carbocycles. The molecule has 21 heavy (non-hydrogen) atoms. The SMILES string of the molecule is CCN1CCOC(CNc2cc3n[nH]c(=O)n3c(C)n2)C1. The number of nitrogens with one attached hydrogen (secondary N) is 2. The van der Waals surface area contributed by atoms with E-state index in [1.807, 2.05) is 0 Å². The average Bonchev–Trinajstić information content (AvgIpc) is 2.87. The Morgan fingerprint density at radius 2 is 2.43 bits per heavy atom. The summed E-state index contributed by atoms with van der Waals surface area (Å²) in [6.45, 7) is 8.35. The summed E-state index contributed by atoms with van der Waals surface area (Å²) in [6.07, 6.45) is 0.151. The van der Waals surface area contributed by atoms with Crippen LogP contribution in [0.3, 0.4) is 0 Å². The van der Waals surface area contributed by atoms with Crippen LogP contribution in [0.15, 0.2) is 10.9 Å². The average molecular weight is 292 g/mol. The number of aromatic amines is 1. The van der Waals surface area contributed by atoms with Gasteiger partial charge in [-0.3, -0.25) is 4.90 Å². The van der Waals surface area contributed by atoms with Gasteiger partial charge in [0.2, 0.25) is 0 Å². The van der Waals surface area contributed by atoms with Crippen molar-refractivity contribution >= 4 is 11.5 Å². The maximum Gasteiger partial charge on any atom is 0.349 e. The van der Waals surface area contributed by atoms with E-state index in [0.717, 1.165) is 26.2 Å². The largest absolute Gasteiger partial charge is 0.374 e. The number of anilines is 1. The molecule has 1 unspecified atom stereocenters. The van der Waals surface area contributed by atoms with Crippen molar-refractivity contribution in [1.82, 2.24) is 24.5 Å². The zero-order valence-electron chi connectivity index (χ0n) is 12.3. The Kier molecular flexibility index (Phi) is 3.89. The minimum Gasteiger partial charge on any atom is -0.374 e. The highest BCUT2D eigenvalue weighted by Gasteiger charge is 2.19. The van der Waals surface area contributed by atoms with E-state index >= 15 is 0 Å². The highest BCUT2D eigenvalue weighted by molar-refractivity contribution is 5.49. The molecule has 1 fully saturated rings. The van der Waals surface area contributed by atoms with Crippen molar-refractivity contribution in [1.29, 1.82) is 0 Å². The molecular formula is C13H20N6O2. The number of ether oxygens (including phenoxy) is 1. The predicted molar refractivity (Wildman–Crippen MR) is 78.7 cm³/mol. The highest BCUT2D eigenvalue weighted by atomic mass is 16.5. The van der Waals surface area contributed by atoms with Gasteiger partial charge in [-0.05, 0) is 13.5 Å². The Labute approximate surface area is 122 Å². The van der Waals surface area contributed by atoms with E-state index in [1.165, 1.54) is 4.40 Å². The molecule has 1 atom stereocenters. The minimum absolute atomic E-state index is 0.151. The smallest absolute Gasteiger partial charge is 0.349 e. The fourth-order valence-electron chi connectivity index (χ4n) is 2.60. The summed E-state index contributed by atoms with van der Waals surface area (Å²) >= 11 is 0. The van der Waals surface area contributed by atoms with E-state index in [-0.39, 0.29) is 11.8 Å². The number of morpholine rings is 1. The van der Waals surface area contributed by atoms with Gasteiger partial charge in [-0.15, -0.1) is 0 Å². The molecule has 2 aromatic heterocycles. The third kappa shape index (κ3) is 2.91. The van der Waals surface area contributed by atoms with Gasteiger partial charge in [-0.2, -0.15) is 5.10 Å². The lowest BCUT2D eigenvalue weighted by molar-refractivity contribution is -0.0192. The zero-order chi connectivity index (χ0) is 14.8. The Morgan fingerprint density at radius 3 is 3.24 bits per heavy atom. The second-order valence-corrected chi connectivity index (χ2v) is 5.18. The zero-order valence-corrected chi connectivity index (χ0v) is 12.3. The third-order valence-electron chi connectivity index (χ3n) is 3.75. The summed E-state index contributed by atoms with van der Waals surface area (Å²) in [5.74, 6) is 1.31. The van der Waals surface area contributed by atoms with Crippen LogP contribution in [0.4, 0.5) is 5.82 Å². The summed E-state index contributed by atoms with van der Waals surface area (Å²) in [6, 6.07) is 1.76. The Morgan fingerprint density at radius 1 is 1.57 bits per heavy atom. The van der Waals surface area contributed by atoms with Crippen molar-refractivity contribution in [2.75, 3.05) is 38.1 Å². The molecule has 0 saturated carbocycles. The van der Waals surface area contributed by atoms with E-state index in [0.29, 0.717) is 23.8 Å². The third-order valence-corrected chi connectivity index (χ3v) is 3.75. The maximum absolute atomic E-state index is 11.5. The molecule has 2 N–H and O–H groups in total. The van der Waals surface area contributed by atoms with Crippen LogP contribution in [-0.4, -0.2) is 63.4 Å². The van der Waals surface area contributed by atoms with Gasteiger partial charge < -0.3 is 10.1 Å². The first kappa shape index (κ1) is 14.0. The van der Waals surface area contributed by atoms with Crippen molar-refractivity contribution in [3.8, 4) is 0 Å². The number of fused-ring (bicyclic) bond motifs is 1. The molecule has 3 rings (SSSR count). The molecule has 1 aliphatic rings. The minimum atomic E-state index is -0.268. The number of H-pyrrole nitrogens is 1. The van der Waals surface area contributed by atoms with Crippen molar-refractivity contribution in [2.45, 2.75) is 20.0 Å². The lowest BCUT2D eigenvalue weighted by atomic mass is 10.2. The molecule has 1 aliphatic heterocycles. The molecule has 0 spiro atoms. The molecule has 8 nitrogen and oxygen atoms in total. The second-order valence-electron chi connectivity index (χ2n) is 5.18. The summed E-state index contributed by atoms with van der Waals surface area (Å²) in [7, 11) is 0. The number of nitrogens with zero attached hydrogens (tertiary/aromatic N) is 4. The molecule has 1 saturated heterocycles. The molecule has 0 aromatic carbocycles. The lowest BCUT2D eigenvalue weighted by Crippen LogP contribution is -2.45. The van der Waals surface area contributed by atoms with Gasteiger partial charge in [-0.1, -0.05) is 6.92 Å². The van der Waals surface area contributed by atoms with Gasteiger partial charge in [-0.25, -0.2) is 19.3 Å². The molecule has 0 amide bonds. The molecule has 2 aromatic rings. The predicted octanol–water partition coefficient (Wildman–Crippen LogP) is -0.141. The van der Waals surface area contributed by atoms with Crippen molar-refractivity contribution in [3.63, 3.8) is 0 Å². The van der Waals surface area contributed by atoms with E-state index in [9.17, 15) is 4.79 Å². The Hall–Kier alpha value is -1.93. The van der Waals surface area contributed by atoms with Gasteiger partial charge in [0.05, 0.1) is 12.7 Å². The lowest BCUT2D eigenvalue weighted by Gasteiger charge is -2.32. The summed E-state index contributed by atoms with van der Waals surface area (Å²) in [5, 5.41) is 9.66. The van der Waals surface area contributed by atoms with Crippen LogP contribution >= 0.6 is 0 Å². The monoisotopic (exact) mass is 292 g/mol. The molecular weight excluding hydrogens is 272 g/mol. The standard InChI is InChI=1S/C13H20N6O2/c1-3-18-4-5-21-10(8-18)7-14-11-6-12-16-17-13(20)19(12)9(2)15-11/h6,10,14H,3-5,7-8H2,1-2H3,(H,17,20). The van der Waals surface area contributed by atoms with E-state index < -0.39 is 0 Å². The van der Waals surface area contributed by atoms with Crippen LogP contribution in [-0.2, 0) is 4.74 Å². The molecule has 3 heterocycles. The van der Waals surface area contributed by atoms with Crippen LogP contribution in [0.1, 0.15) is 12.7 Å². The second kappa shape index (κ2) is 5.82. The van der Waals surface area contributed by atoms with Crippen LogP contribution in [0.2, 0.25) is 0 Å². The van der Waals surface area contributed by atoms with Gasteiger partial charge in [0.1, 0.15) is 11.6 Å². The topological polar surface area (TPSA) is 87.5 Å². The number of aromatic nitrogens is 4. The van der Waals surface area contributed by atoms with Crippen molar-refractivity contribution in [2.24, 2.45) is 0 Å². The van der Waals surface area contributed by atoms with Crippen LogP contribution in [0, 0.1) is 6.92 Å². The van der Waals surface area contributed by atoms with Gasteiger partial charge in [0, 0.05) is 25.7 Å². The van der Waals surface area contributed by atoms with Crippen LogP contribution < -0.4 is 11.0 Å². The van der Waals surface area contributed by atoms with Gasteiger partial charge in [0.15, 0.2) is 5.65 Å². The van der Waals surface area contributed by atoms with E-state index in [2.05, 4.69) is 32.3 Å². The Balaban J connectivity index is 1.69.